The summed E-state index contributed by atoms with van der Waals surface area (Å²) in [6.07, 6.45) is 3.00. The fourth-order valence-corrected chi connectivity index (χ4v) is 2.88. The molecule has 1 aliphatic carbocycles. The number of aromatic amines is 1. The van der Waals surface area contributed by atoms with Gasteiger partial charge in [-0.1, -0.05) is 54.0 Å². The van der Waals surface area contributed by atoms with Gasteiger partial charge in [0.25, 0.3) is 0 Å². The van der Waals surface area contributed by atoms with Crippen LogP contribution < -0.4 is 0 Å². The van der Waals surface area contributed by atoms with Crippen LogP contribution in [0.2, 0.25) is 0 Å². The maximum Gasteiger partial charge on any atom is 0.242 e. The Hall–Kier alpha value is -1.79. The Morgan fingerprint density at radius 3 is 2.45 bits per heavy atom. The molecule has 0 saturated carbocycles. The van der Waals surface area contributed by atoms with Crippen LogP contribution in [-0.2, 0) is 4.79 Å². The van der Waals surface area contributed by atoms with Crippen molar-refractivity contribution in [2.24, 2.45) is 5.41 Å². The zero-order chi connectivity index (χ0) is 16.2. The highest BCUT2D eigenvalue weighted by Crippen LogP contribution is 2.34. The number of aromatic nitrogens is 4. The minimum absolute atomic E-state index is 0.0723. The molecule has 0 aliphatic heterocycles. The summed E-state index contributed by atoms with van der Waals surface area (Å²) in [6, 6.07) is 9.65. The van der Waals surface area contributed by atoms with E-state index < -0.39 is 0 Å². The van der Waals surface area contributed by atoms with Gasteiger partial charge in [0, 0.05) is 11.5 Å². The van der Waals surface area contributed by atoms with E-state index in [1.54, 1.807) is 4.68 Å². The van der Waals surface area contributed by atoms with Gasteiger partial charge in [0.1, 0.15) is 0 Å². The second-order valence-corrected chi connectivity index (χ2v) is 6.68. The summed E-state index contributed by atoms with van der Waals surface area (Å²) in [5, 5.41) is 10.6. The summed E-state index contributed by atoms with van der Waals surface area (Å²) >= 11 is 10.7. The molecule has 1 aromatic carbocycles. The number of benzene rings is 1. The van der Waals surface area contributed by atoms with Crippen molar-refractivity contribution < 1.29 is 4.79 Å². The number of rotatable bonds is 1. The number of para-hydroxylation sites is 1. The summed E-state index contributed by atoms with van der Waals surface area (Å²) < 4.78 is 2.07. The molecule has 0 atom stereocenters. The predicted octanol–water partition coefficient (Wildman–Crippen LogP) is 3.82. The lowest BCUT2D eigenvalue weighted by Crippen LogP contribution is -2.20. The molecule has 0 spiro atoms. The van der Waals surface area contributed by atoms with Crippen LogP contribution in [0.15, 0.2) is 41.4 Å². The Balaban J connectivity index is 0.000000164. The number of hydrogen-bond donors (Lipinski definition) is 1. The maximum atomic E-state index is 10.9. The summed E-state index contributed by atoms with van der Waals surface area (Å²) in [4.78, 5) is 10.9. The number of carbonyl (C=O) groups excluding carboxylic acids is 1. The smallest absolute Gasteiger partial charge is 0.242 e. The van der Waals surface area contributed by atoms with Crippen molar-refractivity contribution in [1.82, 2.24) is 20.2 Å². The number of carbonyl (C=O) groups is 1. The van der Waals surface area contributed by atoms with Crippen molar-refractivity contribution in [3.8, 4) is 5.69 Å². The van der Waals surface area contributed by atoms with Gasteiger partial charge in [-0.15, -0.1) is 0 Å². The van der Waals surface area contributed by atoms with Crippen molar-refractivity contribution in [2.45, 2.75) is 26.7 Å². The molecule has 0 fully saturated rings. The lowest BCUT2D eigenvalue weighted by molar-refractivity contribution is -0.116. The molecule has 0 bridgehead atoms. The number of allylic oxidation sites excluding steroid dienone is 2. The standard InChI is InChI=1S/C8H11ClO.C7H6N4S/c1-8(2)4-6(9)3-7(10)5-8;12-7-8-9-10-11(7)6-4-2-1-3-5-6/h3H,4-5H2,1-2H3;1-5H,(H,8,10,12). The average Bonchev–Trinajstić information content (AvgIpc) is 2.84. The lowest BCUT2D eigenvalue weighted by atomic mass is 9.80. The number of tetrazole rings is 1. The van der Waals surface area contributed by atoms with E-state index in [2.05, 4.69) is 29.4 Å². The monoisotopic (exact) mass is 336 g/mol. The molecule has 5 nitrogen and oxygen atoms in total. The number of hydrogen-bond acceptors (Lipinski definition) is 4. The Morgan fingerprint density at radius 2 is 1.95 bits per heavy atom. The van der Waals surface area contributed by atoms with Crippen molar-refractivity contribution in [3.05, 3.63) is 46.2 Å². The van der Waals surface area contributed by atoms with Gasteiger partial charge in [0.05, 0.1) is 5.69 Å². The normalized spacial score (nSPS) is 16.5. The van der Waals surface area contributed by atoms with Gasteiger partial charge in [0.2, 0.25) is 4.77 Å². The highest BCUT2D eigenvalue weighted by Gasteiger charge is 2.26. The SMILES string of the molecule is CC1(C)CC(=O)C=C(Cl)C1.S=c1nn[nH]n1-c1ccccc1. The third-order valence-electron chi connectivity index (χ3n) is 3.10. The van der Waals surface area contributed by atoms with E-state index in [9.17, 15) is 4.79 Å². The van der Waals surface area contributed by atoms with Gasteiger partial charge in [0.15, 0.2) is 5.78 Å². The topological polar surface area (TPSA) is 63.6 Å². The van der Waals surface area contributed by atoms with Crippen LogP contribution in [0.3, 0.4) is 0 Å². The van der Waals surface area contributed by atoms with Crippen molar-refractivity contribution in [1.29, 1.82) is 0 Å². The number of H-pyrrole nitrogens is 1. The fraction of sp³-hybridized carbons (Fsp3) is 0.333. The van der Waals surface area contributed by atoms with Gasteiger partial charge in [-0.3, -0.25) is 4.79 Å². The fourth-order valence-electron chi connectivity index (χ4n) is 2.21. The first-order valence-electron chi connectivity index (χ1n) is 6.82. The van der Waals surface area contributed by atoms with Crippen molar-refractivity contribution in [2.75, 3.05) is 0 Å². The molecule has 7 heteroatoms. The molecule has 1 aliphatic rings. The summed E-state index contributed by atoms with van der Waals surface area (Å²) in [6.45, 7) is 4.11. The molecule has 0 unspecified atom stereocenters. The third-order valence-corrected chi connectivity index (χ3v) is 3.61. The van der Waals surface area contributed by atoms with Crippen LogP contribution >= 0.6 is 23.8 Å². The largest absolute Gasteiger partial charge is 0.295 e. The van der Waals surface area contributed by atoms with Crippen LogP contribution in [-0.4, -0.2) is 26.0 Å². The summed E-state index contributed by atoms with van der Waals surface area (Å²) in [5.74, 6) is 0.154. The van der Waals surface area contributed by atoms with Crippen molar-refractivity contribution >= 4 is 29.6 Å². The van der Waals surface area contributed by atoms with E-state index in [0.29, 0.717) is 16.2 Å². The van der Waals surface area contributed by atoms with Gasteiger partial charge in [-0.25, -0.2) is 4.68 Å². The van der Waals surface area contributed by atoms with Crippen LogP contribution in [0.1, 0.15) is 26.7 Å². The molecule has 0 amide bonds. The van der Waals surface area contributed by atoms with E-state index in [4.69, 9.17) is 23.8 Å². The maximum absolute atomic E-state index is 10.9. The quantitative estimate of drug-likeness (QED) is 0.804. The second-order valence-electron chi connectivity index (χ2n) is 5.83. The van der Waals surface area contributed by atoms with Gasteiger partial charge in [-0.05, 0) is 42.3 Å². The van der Waals surface area contributed by atoms with E-state index in [1.807, 2.05) is 30.3 Å². The summed E-state index contributed by atoms with van der Waals surface area (Å²) in [5.41, 5.74) is 1.01. The van der Waals surface area contributed by atoms with Gasteiger partial charge < -0.3 is 0 Å². The molecule has 2 aromatic rings. The zero-order valence-corrected chi connectivity index (χ0v) is 14.0. The van der Waals surface area contributed by atoms with Crippen LogP contribution in [0.5, 0.6) is 0 Å². The van der Waals surface area contributed by atoms with Crippen LogP contribution in [0, 0.1) is 10.2 Å². The predicted molar refractivity (Wildman–Crippen MR) is 88.5 cm³/mol. The third kappa shape index (κ3) is 4.61. The molecule has 22 heavy (non-hydrogen) atoms. The zero-order valence-electron chi connectivity index (χ0n) is 12.4. The first-order chi connectivity index (χ1) is 10.4. The molecule has 1 heterocycles. The molecule has 1 N–H and O–H groups in total. The number of nitrogens with one attached hydrogen (secondary N) is 1. The number of nitrogens with zero attached hydrogens (tertiary/aromatic N) is 3. The van der Waals surface area contributed by atoms with Crippen LogP contribution in [0.4, 0.5) is 0 Å². The highest BCUT2D eigenvalue weighted by molar-refractivity contribution is 7.71. The van der Waals surface area contributed by atoms with Crippen molar-refractivity contribution in [3.63, 3.8) is 0 Å². The Labute approximate surface area is 139 Å². The Kier molecular flexibility index (Phi) is 5.26. The minimum Gasteiger partial charge on any atom is -0.295 e. The van der Waals surface area contributed by atoms with Gasteiger partial charge >= 0.3 is 0 Å². The molecule has 1 aromatic heterocycles. The van der Waals surface area contributed by atoms with E-state index in [0.717, 1.165) is 12.1 Å². The molecule has 0 saturated heterocycles. The molecule has 3 rings (SSSR count). The molecule has 116 valence electrons. The molecule has 0 radical (unpaired) electrons. The highest BCUT2D eigenvalue weighted by atomic mass is 35.5. The van der Waals surface area contributed by atoms with E-state index in [-0.39, 0.29) is 11.2 Å². The first kappa shape index (κ1) is 16.6. The lowest BCUT2D eigenvalue weighted by Gasteiger charge is -2.25. The molecular weight excluding hydrogens is 320 g/mol. The van der Waals surface area contributed by atoms with E-state index in [1.165, 1.54) is 6.08 Å². The number of ketones is 1. The first-order valence-corrected chi connectivity index (χ1v) is 7.60. The second kappa shape index (κ2) is 6.98. The number of halogens is 1. The van der Waals surface area contributed by atoms with E-state index >= 15 is 0 Å². The Morgan fingerprint density at radius 1 is 1.27 bits per heavy atom. The van der Waals surface area contributed by atoms with Gasteiger partial charge in [-0.2, -0.15) is 5.21 Å². The minimum atomic E-state index is 0.0723. The molecular formula is C15H17ClN4OS. The summed E-state index contributed by atoms with van der Waals surface area (Å²) in [7, 11) is 0. The average molecular weight is 337 g/mol. The Bertz CT molecular complexity index is 733. The van der Waals surface area contributed by atoms with Crippen LogP contribution in [0.25, 0.3) is 5.69 Å².